The van der Waals surface area contributed by atoms with E-state index >= 15 is 0 Å². The number of ketones is 3. The number of rotatable bonds is 12. The molecule has 0 unspecified atom stereocenters. The SMILES string of the molecule is [B]=NS.[C-]#[N+]c1cc(NC(=O)c2cc(C(=O)C(=O)NC(C)(C)C)n(C)c2)ccc1F.[C-]#[N+]c1cc(NC(=O)c2cc(C(=O)C(=O)NC(C)(C)C)n(C)c2Br)ccc1F.[C-]#[N+]c1cc(NC(=O)c2cc(C(=O)C(=O)NC(C)(C)C)n(C)c2Br)ccc1F. The van der Waals surface area contributed by atoms with Gasteiger partial charge in [-0.05, 0) is 167 Å². The standard InChI is InChI=1S/2C19H18BrFN4O3.C19H19FN4O3.BHNS/c2*1-19(2,3)24-18(28)15(26)14-9-11(16(20)25(14)5)17(27)23-10-6-7-12(21)13(8-10)22-4;1-19(2,3)23-18(27)16(25)15-8-11(10-24(15)5)17(26)22-12-6-7-13(20)14(9-12)21-4;1-2-3/h2*6-9H,1-3,5H3,(H,23,27)(H,24,28);6-10H,1-3,5H3,(H,22,26)(H,23,27);3H. The van der Waals surface area contributed by atoms with Crippen molar-refractivity contribution in [3.63, 3.8) is 0 Å². The topological polar surface area (TPSA) is 266 Å². The van der Waals surface area contributed by atoms with Gasteiger partial charge in [0.2, 0.25) is 17.1 Å². The number of carbonyl (C=O) groups excluding carboxylic acids is 9. The quantitative estimate of drug-likeness (QED) is 0.0202. The maximum absolute atomic E-state index is 13.4. The Labute approximate surface area is 516 Å². The average molecular weight is 1330 g/mol. The van der Waals surface area contributed by atoms with Crippen LogP contribution in [0.3, 0.4) is 0 Å². The van der Waals surface area contributed by atoms with Crippen LogP contribution in [0.15, 0.2) is 92.5 Å². The van der Waals surface area contributed by atoms with Crippen molar-refractivity contribution < 1.29 is 56.3 Å². The number of nitrogens with one attached hydrogen (secondary N) is 6. The van der Waals surface area contributed by atoms with E-state index in [1.807, 2.05) is 0 Å². The second-order valence-electron chi connectivity index (χ2n) is 21.2. The number of amides is 6. The first-order chi connectivity index (χ1) is 39.8. The maximum atomic E-state index is 13.4. The van der Waals surface area contributed by atoms with E-state index < -0.39 is 86.9 Å². The molecule has 6 aromatic rings. The van der Waals surface area contributed by atoms with Crippen LogP contribution >= 0.6 is 44.7 Å². The summed E-state index contributed by atoms with van der Waals surface area (Å²) in [5.74, 6) is -8.44. The number of nitrogens with zero attached hydrogens (tertiary/aromatic N) is 7. The number of hydrogen-bond donors (Lipinski definition) is 7. The average Bonchev–Trinajstić information content (AvgIpc) is 2.88. The van der Waals surface area contributed by atoms with Crippen LogP contribution in [-0.2, 0) is 35.5 Å². The Morgan fingerprint density at radius 1 is 0.500 bits per heavy atom. The Kier molecular flexibility index (Phi) is 24.8. The van der Waals surface area contributed by atoms with E-state index in [9.17, 15) is 56.3 Å². The van der Waals surface area contributed by atoms with E-state index in [4.69, 9.17) is 19.7 Å². The van der Waals surface area contributed by atoms with E-state index in [1.165, 1.54) is 88.6 Å². The number of aryl methyl sites for hydroxylation is 1. The molecule has 3 aromatic heterocycles. The van der Waals surface area contributed by atoms with E-state index in [1.54, 1.807) is 69.4 Å². The number of benzene rings is 3. The van der Waals surface area contributed by atoms with Crippen molar-refractivity contribution in [2.75, 3.05) is 16.0 Å². The Bertz CT molecular complexity index is 3670. The summed E-state index contributed by atoms with van der Waals surface area (Å²) in [6.45, 7) is 36.5. The maximum Gasteiger partial charge on any atom is 0.294 e. The second-order valence-corrected chi connectivity index (χ2v) is 23.0. The van der Waals surface area contributed by atoms with Gasteiger partial charge in [0.25, 0.3) is 52.8 Å². The van der Waals surface area contributed by atoms with Crippen molar-refractivity contribution in [2.45, 2.75) is 78.9 Å². The second kappa shape index (κ2) is 30.0. The van der Waals surface area contributed by atoms with Crippen molar-refractivity contribution in [3.05, 3.63) is 174 Å². The van der Waals surface area contributed by atoms with Gasteiger partial charge in [-0.25, -0.2) is 27.7 Å². The third-order valence-electron chi connectivity index (χ3n) is 10.8. The molecular formula is C57H56BBr2F3N13O9S. The number of aromatic nitrogens is 3. The molecule has 29 heteroatoms. The van der Waals surface area contributed by atoms with Crippen LogP contribution in [-0.4, -0.2) is 90.7 Å². The number of thiol groups is 1. The first-order valence-electron chi connectivity index (χ1n) is 24.8. The summed E-state index contributed by atoms with van der Waals surface area (Å²) >= 11 is 9.68. The summed E-state index contributed by atoms with van der Waals surface area (Å²) in [5.41, 5.74) is -1.20. The third-order valence-corrected chi connectivity index (χ3v) is 12.7. The third kappa shape index (κ3) is 20.0. The Hall–Kier alpha value is -9.24. The minimum absolute atomic E-state index is 0.0275. The number of Topliss-reactive ketones (excluding diaryl/α,β-unsaturated/α-hetero) is 3. The largest absolute Gasteiger partial charge is 0.347 e. The smallest absolute Gasteiger partial charge is 0.294 e. The summed E-state index contributed by atoms with van der Waals surface area (Å²) in [4.78, 5) is 120. The van der Waals surface area contributed by atoms with Gasteiger partial charge >= 0.3 is 24.8 Å². The summed E-state index contributed by atoms with van der Waals surface area (Å²) in [5, 5.41) is 15.4. The molecular weight excluding hydrogens is 1270 g/mol. The fourth-order valence-electron chi connectivity index (χ4n) is 7.00. The van der Waals surface area contributed by atoms with Gasteiger partial charge in [0.15, 0.2) is 0 Å². The van der Waals surface area contributed by atoms with Gasteiger partial charge in [0.05, 0.1) is 62.7 Å². The van der Waals surface area contributed by atoms with Gasteiger partial charge in [-0.1, -0.05) is 0 Å². The number of halogens is 5. The van der Waals surface area contributed by atoms with Gasteiger partial charge < -0.3 is 45.6 Å². The van der Waals surface area contributed by atoms with Gasteiger partial charge in [-0.2, -0.15) is 0 Å². The zero-order valence-corrected chi connectivity index (χ0v) is 52.3. The number of anilines is 3. The first-order valence-corrected chi connectivity index (χ1v) is 26.8. The van der Waals surface area contributed by atoms with E-state index in [2.05, 4.69) is 103 Å². The normalized spacial score (nSPS) is 10.6. The molecule has 0 spiro atoms. The van der Waals surface area contributed by atoms with Gasteiger partial charge in [-0.15, -0.1) is 0 Å². The van der Waals surface area contributed by atoms with Crippen LogP contribution in [0.2, 0.25) is 0 Å². The zero-order chi connectivity index (χ0) is 65.5. The predicted octanol–water partition coefficient (Wildman–Crippen LogP) is 10.9. The minimum atomic E-state index is -0.784. The monoisotopic (exact) mass is 1320 g/mol. The van der Waals surface area contributed by atoms with Crippen LogP contribution in [0.5, 0.6) is 0 Å². The Morgan fingerprint density at radius 2 is 0.779 bits per heavy atom. The fourth-order valence-corrected chi connectivity index (χ4v) is 7.97. The van der Waals surface area contributed by atoms with Crippen molar-refractivity contribution in [1.82, 2.24) is 29.7 Å². The molecule has 1 radical (unpaired) electrons. The molecule has 447 valence electrons. The molecule has 0 aliphatic heterocycles. The molecule has 0 bridgehead atoms. The van der Waals surface area contributed by atoms with Crippen molar-refractivity contribution in [1.29, 1.82) is 0 Å². The minimum Gasteiger partial charge on any atom is -0.347 e. The van der Waals surface area contributed by atoms with Crippen LogP contribution in [0.25, 0.3) is 14.5 Å². The molecule has 0 saturated carbocycles. The summed E-state index contributed by atoms with van der Waals surface area (Å²) < 4.78 is 47.6. The molecule has 0 aliphatic carbocycles. The zero-order valence-electron chi connectivity index (χ0n) is 48.2. The summed E-state index contributed by atoms with van der Waals surface area (Å²) in [6, 6.07) is 14.7. The number of hydrogen-bond acceptors (Lipinski definition) is 11. The Balaban J connectivity index is 0.000000330. The molecule has 86 heavy (non-hydrogen) atoms. The van der Waals surface area contributed by atoms with Crippen molar-refractivity contribution in [3.8, 4) is 0 Å². The van der Waals surface area contributed by atoms with Gasteiger partial charge in [0.1, 0.15) is 17.5 Å². The molecule has 0 fully saturated rings. The van der Waals surface area contributed by atoms with Crippen molar-refractivity contribution >= 4 is 139 Å². The van der Waals surface area contributed by atoms with E-state index in [0.29, 0.717) is 9.21 Å². The summed E-state index contributed by atoms with van der Waals surface area (Å²) in [6.07, 6.45) is 1.41. The fraction of sp³-hybridized carbons (Fsp3) is 0.263. The van der Waals surface area contributed by atoms with Crippen LogP contribution in [0, 0.1) is 37.2 Å². The van der Waals surface area contributed by atoms with E-state index in [0.717, 1.165) is 18.2 Å². The van der Waals surface area contributed by atoms with E-state index in [-0.39, 0.29) is 67.9 Å². The molecule has 0 saturated heterocycles. The molecule has 6 rings (SSSR count). The molecule has 3 aromatic carbocycles. The predicted molar refractivity (Wildman–Crippen MR) is 327 cm³/mol. The molecule has 3 heterocycles. The van der Waals surface area contributed by atoms with Gasteiger partial charge in [-0.3, -0.25) is 43.2 Å². The first kappa shape index (κ1) is 71.0. The molecule has 0 atom stereocenters. The molecule has 22 nitrogen and oxygen atoms in total. The number of carbonyl (C=O) groups is 9. The van der Waals surface area contributed by atoms with Crippen LogP contribution < -0.4 is 31.9 Å². The van der Waals surface area contributed by atoms with Gasteiger partial charge in [0, 0.05) is 61.0 Å². The summed E-state index contributed by atoms with van der Waals surface area (Å²) in [7, 11) is 8.95. The molecule has 6 amide bonds. The molecule has 0 aliphatic rings. The molecule has 6 N–H and O–H groups in total. The van der Waals surface area contributed by atoms with Crippen LogP contribution in [0.1, 0.15) is 125 Å². The Morgan fingerprint density at radius 3 is 1.06 bits per heavy atom. The van der Waals surface area contributed by atoms with Crippen LogP contribution in [0.4, 0.5) is 47.3 Å². The van der Waals surface area contributed by atoms with Crippen molar-refractivity contribution in [2.24, 2.45) is 25.4 Å².